The summed E-state index contributed by atoms with van der Waals surface area (Å²) in [4.78, 5) is 20.6. The molecule has 4 rings (SSSR count). The lowest BCUT2D eigenvalue weighted by Crippen LogP contribution is -2.48. The molecule has 8 heteroatoms. The number of nitrogens with one attached hydrogen (secondary N) is 2. The molecule has 1 aliphatic heterocycles. The van der Waals surface area contributed by atoms with Gasteiger partial charge in [0.15, 0.2) is 0 Å². The number of H-pyrrole nitrogens is 1. The summed E-state index contributed by atoms with van der Waals surface area (Å²) < 4.78 is 28.0. The molecule has 2 heterocycles. The smallest absolute Gasteiger partial charge is 0.243 e. The predicted molar refractivity (Wildman–Crippen MR) is 116 cm³/mol. The Morgan fingerprint density at radius 2 is 2.03 bits per heavy atom. The monoisotopic (exact) mass is 426 g/mol. The van der Waals surface area contributed by atoms with E-state index in [0.29, 0.717) is 36.2 Å². The Balaban J connectivity index is 1.64. The van der Waals surface area contributed by atoms with Gasteiger partial charge in [-0.3, -0.25) is 4.79 Å². The maximum absolute atomic E-state index is 13.3. The fourth-order valence-electron chi connectivity index (χ4n) is 3.75. The average molecular weight is 427 g/mol. The van der Waals surface area contributed by atoms with Crippen LogP contribution in [0.15, 0.2) is 53.4 Å². The van der Waals surface area contributed by atoms with Crippen LogP contribution in [0.1, 0.15) is 33.1 Å². The molecule has 3 aromatic rings. The van der Waals surface area contributed by atoms with Gasteiger partial charge < -0.3 is 10.3 Å². The van der Waals surface area contributed by atoms with Crippen molar-refractivity contribution >= 4 is 27.0 Å². The highest BCUT2D eigenvalue weighted by molar-refractivity contribution is 7.89. The largest absolute Gasteiger partial charge is 0.352 e. The van der Waals surface area contributed by atoms with Crippen LogP contribution >= 0.6 is 0 Å². The van der Waals surface area contributed by atoms with E-state index in [9.17, 15) is 13.2 Å². The fraction of sp³-hybridized carbons (Fsp3) is 0.364. The van der Waals surface area contributed by atoms with Crippen molar-refractivity contribution in [2.24, 2.45) is 0 Å². The minimum Gasteiger partial charge on any atom is -0.352 e. The highest BCUT2D eigenvalue weighted by atomic mass is 32.2. The van der Waals surface area contributed by atoms with Gasteiger partial charge in [0.05, 0.1) is 15.9 Å². The quantitative estimate of drug-likeness (QED) is 0.632. The molecule has 30 heavy (non-hydrogen) atoms. The Morgan fingerprint density at radius 3 is 2.77 bits per heavy atom. The third-order valence-electron chi connectivity index (χ3n) is 5.61. The van der Waals surface area contributed by atoms with Gasteiger partial charge in [0.25, 0.3) is 0 Å². The van der Waals surface area contributed by atoms with Crippen LogP contribution in [0.3, 0.4) is 0 Å². The zero-order valence-corrected chi connectivity index (χ0v) is 17.9. The molecule has 158 valence electrons. The van der Waals surface area contributed by atoms with E-state index in [2.05, 4.69) is 15.3 Å². The van der Waals surface area contributed by atoms with Crippen LogP contribution < -0.4 is 5.32 Å². The molecule has 0 unspecified atom stereocenters. The summed E-state index contributed by atoms with van der Waals surface area (Å²) >= 11 is 0. The predicted octanol–water partition coefficient (Wildman–Crippen LogP) is 3.30. The van der Waals surface area contributed by atoms with Gasteiger partial charge in [-0.05, 0) is 44.4 Å². The molecule has 0 radical (unpaired) electrons. The van der Waals surface area contributed by atoms with E-state index < -0.39 is 16.1 Å². The maximum atomic E-state index is 13.3. The number of benzene rings is 2. The number of carbonyl (C=O) groups is 1. The first kappa shape index (κ1) is 20.6. The molecule has 2 N–H and O–H groups in total. The van der Waals surface area contributed by atoms with Crippen molar-refractivity contribution < 1.29 is 13.2 Å². The van der Waals surface area contributed by atoms with E-state index in [-0.39, 0.29) is 16.8 Å². The second-order valence-electron chi connectivity index (χ2n) is 7.72. The maximum Gasteiger partial charge on any atom is 0.243 e. The molecule has 2 aromatic carbocycles. The number of aromatic amines is 1. The second kappa shape index (κ2) is 8.20. The number of hydrogen-bond donors (Lipinski definition) is 2. The van der Waals surface area contributed by atoms with Gasteiger partial charge in [-0.1, -0.05) is 37.3 Å². The summed E-state index contributed by atoms with van der Waals surface area (Å²) in [7, 11) is -3.80. The van der Waals surface area contributed by atoms with Gasteiger partial charge >= 0.3 is 0 Å². The van der Waals surface area contributed by atoms with Crippen LogP contribution in [0.25, 0.3) is 22.4 Å². The molecule has 0 bridgehead atoms. The second-order valence-corrected chi connectivity index (χ2v) is 9.61. The van der Waals surface area contributed by atoms with E-state index in [1.165, 1.54) is 4.31 Å². The Hall–Kier alpha value is -2.71. The highest BCUT2D eigenvalue weighted by Gasteiger charge is 2.39. The zero-order valence-electron chi connectivity index (χ0n) is 17.1. The number of aromatic nitrogens is 2. The van der Waals surface area contributed by atoms with Gasteiger partial charge in [-0.25, -0.2) is 13.4 Å². The number of fused-ring (bicyclic) bond motifs is 1. The first-order valence-corrected chi connectivity index (χ1v) is 11.7. The summed E-state index contributed by atoms with van der Waals surface area (Å²) in [6.45, 7) is 4.25. The van der Waals surface area contributed by atoms with Crippen molar-refractivity contribution in [3.05, 3.63) is 48.5 Å². The van der Waals surface area contributed by atoms with Crippen LogP contribution in [-0.4, -0.2) is 47.2 Å². The average Bonchev–Trinajstić information content (AvgIpc) is 3.41. The van der Waals surface area contributed by atoms with Gasteiger partial charge in [0.2, 0.25) is 15.9 Å². The van der Waals surface area contributed by atoms with Crippen molar-refractivity contribution in [2.45, 2.75) is 50.1 Å². The standard InChI is InChI=1S/C22H26N4O3S/c1-3-15(2)23-22(27)20-10-7-13-26(20)30(28,29)17-11-12-18-19(14-17)25-21(24-18)16-8-5-4-6-9-16/h4-6,8-9,11-12,14-15,20H,3,7,10,13H2,1-2H3,(H,23,27)(H,24,25)/t15-,20-/m0/s1. The molecule has 1 saturated heterocycles. The molecular weight excluding hydrogens is 400 g/mol. The molecule has 7 nitrogen and oxygen atoms in total. The minimum absolute atomic E-state index is 0.0143. The summed E-state index contributed by atoms with van der Waals surface area (Å²) in [6.07, 6.45) is 2.00. The molecule has 2 atom stereocenters. The van der Waals surface area contributed by atoms with E-state index >= 15 is 0 Å². The molecule has 1 fully saturated rings. The SMILES string of the molecule is CC[C@H](C)NC(=O)[C@@H]1CCCN1S(=O)(=O)c1ccc2nc(-c3ccccc3)[nH]c2c1. The Kier molecular flexibility index (Phi) is 5.62. The molecule has 0 aliphatic carbocycles. The number of hydrogen-bond acceptors (Lipinski definition) is 4. The van der Waals surface area contributed by atoms with Gasteiger partial charge in [0, 0.05) is 18.2 Å². The molecule has 0 spiro atoms. The third-order valence-corrected chi connectivity index (χ3v) is 7.52. The number of nitrogens with zero attached hydrogens (tertiary/aromatic N) is 2. The van der Waals surface area contributed by atoms with Crippen LogP contribution in [-0.2, 0) is 14.8 Å². The van der Waals surface area contributed by atoms with Crippen molar-refractivity contribution in [1.82, 2.24) is 19.6 Å². The van der Waals surface area contributed by atoms with Crippen LogP contribution in [0.5, 0.6) is 0 Å². The van der Waals surface area contributed by atoms with Crippen molar-refractivity contribution in [2.75, 3.05) is 6.54 Å². The molecule has 1 aliphatic rings. The Bertz CT molecular complexity index is 1160. The third kappa shape index (κ3) is 3.85. The van der Waals surface area contributed by atoms with E-state index in [1.54, 1.807) is 18.2 Å². The molecular formula is C22H26N4O3S. The van der Waals surface area contributed by atoms with E-state index in [4.69, 9.17) is 0 Å². The summed E-state index contributed by atoms with van der Waals surface area (Å²) in [5.41, 5.74) is 2.27. The van der Waals surface area contributed by atoms with Crippen molar-refractivity contribution in [3.63, 3.8) is 0 Å². The highest BCUT2D eigenvalue weighted by Crippen LogP contribution is 2.29. The van der Waals surface area contributed by atoms with Gasteiger partial charge in [0.1, 0.15) is 11.9 Å². The Labute approximate surface area is 176 Å². The molecule has 1 amide bonds. The van der Waals surface area contributed by atoms with Crippen LogP contribution in [0.2, 0.25) is 0 Å². The van der Waals surface area contributed by atoms with Crippen LogP contribution in [0, 0.1) is 0 Å². The van der Waals surface area contributed by atoms with Gasteiger partial charge in [-0.2, -0.15) is 4.31 Å². The van der Waals surface area contributed by atoms with Crippen LogP contribution in [0.4, 0.5) is 0 Å². The summed E-state index contributed by atoms with van der Waals surface area (Å²) in [5.74, 6) is 0.464. The molecule has 1 aromatic heterocycles. The lowest BCUT2D eigenvalue weighted by atomic mass is 10.2. The number of amides is 1. The molecule has 0 saturated carbocycles. The summed E-state index contributed by atoms with van der Waals surface area (Å²) in [6, 6.07) is 13.9. The first-order valence-electron chi connectivity index (χ1n) is 10.3. The number of rotatable bonds is 6. The van der Waals surface area contributed by atoms with Crippen molar-refractivity contribution in [1.29, 1.82) is 0 Å². The number of sulfonamides is 1. The minimum atomic E-state index is -3.80. The summed E-state index contributed by atoms with van der Waals surface area (Å²) in [5, 5.41) is 2.91. The zero-order chi connectivity index (χ0) is 21.3. The van der Waals surface area contributed by atoms with E-state index in [0.717, 1.165) is 12.0 Å². The lowest BCUT2D eigenvalue weighted by molar-refractivity contribution is -0.124. The lowest BCUT2D eigenvalue weighted by Gasteiger charge is -2.24. The fourth-order valence-corrected chi connectivity index (χ4v) is 5.43. The first-order chi connectivity index (χ1) is 14.4. The number of carbonyl (C=O) groups excluding carboxylic acids is 1. The van der Waals surface area contributed by atoms with E-state index in [1.807, 2.05) is 44.2 Å². The number of imidazole rings is 1. The Morgan fingerprint density at radius 1 is 1.27 bits per heavy atom. The topological polar surface area (TPSA) is 95.2 Å². The van der Waals surface area contributed by atoms with Crippen molar-refractivity contribution in [3.8, 4) is 11.4 Å². The normalized spacial score (nSPS) is 18.5. The van der Waals surface area contributed by atoms with Gasteiger partial charge in [-0.15, -0.1) is 0 Å².